The molecule has 0 bridgehead atoms. The summed E-state index contributed by atoms with van der Waals surface area (Å²) in [6.45, 7) is 2.90. The molecule has 0 saturated heterocycles. The van der Waals surface area contributed by atoms with Gasteiger partial charge in [-0.2, -0.15) is 0 Å². The number of hydrogen-bond acceptors (Lipinski definition) is 1. The van der Waals surface area contributed by atoms with Crippen LogP contribution in [0.5, 0.6) is 0 Å². The van der Waals surface area contributed by atoms with Gasteiger partial charge >= 0.3 is 0 Å². The van der Waals surface area contributed by atoms with Crippen molar-refractivity contribution in [2.75, 3.05) is 5.32 Å². The SMILES string of the molecule is Cc1ccc(Cl)cc1CNc1ccccc1. The van der Waals surface area contributed by atoms with Crippen molar-refractivity contribution in [3.8, 4) is 0 Å². The summed E-state index contributed by atoms with van der Waals surface area (Å²) < 4.78 is 0. The van der Waals surface area contributed by atoms with Gasteiger partial charge in [0.15, 0.2) is 0 Å². The van der Waals surface area contributed by atoms with Gasteiger partial charge in [-0.1, -0.05) is 35.9 Å². The van der Waals surface area contributed by atoms with Crippen LogP contribution in [0, 0.1) is 6.92 Å². The van der Waals surface area contributed by atoms with Gasteiger partial charge in [0, 0.05) is 17.3 Å². The second-order valence-corrected chi connectivity index (χ2v) is 4.23. The third kappa shape index (κ3) is 2.77. The average Bonchev–Trinajstić information content (AvgIpc) is 2.32. The molecule has 0 saturated carbocycles. The second kappa shape index (κ2) is 5.04. The van der Waals surface area contributed by atoms with E-state index >= 15 is 0 Å². The fraction of sp³-hybridized carbons (Fsp3) is 0.143. The highest BCUT2D eigenvalue weighted by Crippen LogP contribution is 2.17. The Morgan fingerprint density at radius 3 is 2.56 bits per heavy atom. The molecular weight excluding hydrogens is 218 g/mol. The molecular formula is C14H14ClN. The van der Waals surface area contributed by atoms with Gasteiger partial charge < -0.3 is 5.32 Å². The maximum Gasteiger partial charge on any atom is 0.0409 e. The summed E-state index contributed by atoms with van der Waals surface area (Å²) in [4.78, 5) is 0. The lowest BCUT2D eigenvalue weighted by Crippen LogP contribution is -2.00. The van der Waals surface area contributed by atoms with E-state index in [9.17, 15) is 0 Å². The van der Waals surface area contributed by atoms with E-state index in [1.54, 1.807) is 0 Å². The van der Waals surface area contributed by atoms with Crippen LogP contribution in [0.3, 0.4) is 0 Å². The van der Waals surface area contributed by atoms with E-state index in [0.717, 1.165) is 17.3 Å². The highest BCUT2D eigenvalue weighted by atomic mass is 35.5. The van der Waals surface area contributed by atoms with Gasteiger partial charge in [-0.25, -0.2) is 0 Å². The van der Waals surface area contributed by atoms with E-state index in [0.29, 0.717) is 0 Å². The largest absolute Gasteiger partial charge is 0.381 e. The highest BCUT2D eigenvalue weighted by Gasteiger charge is 1.99. The van der Waals surface area contributed by atoms with Gasteiger partial charge in [-0.05, 0) is 42.3 Å². The zero-order valence-electron chi connectivity index (χ0n) is 9.20. The van der Waals surface area contributed by atoms with Crippen LogP contribution in [0.25, 0.3) is 0 Å². The van der Waals surface area contributed by atoms with E-state index in [2.05, 4.69) is 24.4 Å². The third-order valence-corrected chi connectivity index (χ3v) is 2.80. The number of benzene rings is 2. The van der Waals surface area contributed by atoms with Crippen LogP contribution in [0.15, 0.2) is 48.5 Å². The first-order chi connectivity index (χ1) is 7.75. The number of hydrogen-bond donors (Lipinski definition) is 1. The molecule has 0 fully saturated rings. The fourth-order valence-corrected chi connectivity index (χ4v) is 1.78. The summed E-state index contributed by atoms with van der Waals surface area (Å²) in [7, 11) is 0. The van der Waals surface area contributed by atoms with Crippen molar-refractivity contribution in [1.82, 2.24) is 0 Å². The maximum absolute atomic E-state index is 5.97. The normalized spacial score (nSPS) is 10.1. The van der Waals surface area contributed by atoms with E-state index in [4.69, 9.17) is 11.6 Å². The summed E-state index contributed by atoms with van der Waals surface area (Å²) in [6.07, 6.45) is 0. The second-order valence-electron chi connectivity index (χ2n) is 3.79. The maximum atomic E-state index is 5.97. The molecule has 2 heteroatoms. The van der Waals surface area contributed by atoms with Crippen LogP contribution in [0.2, 0.25) is 5.02 Å². The smallest absolute Gasteiger partial charge is 0.0409 e. The van der Waals surface area contributed by atoms with E-state index in [-0.39, 0.29) is 0 Å². The zero-order valence-corrected chi connectivity index (χ0v) is 9.96. The van der Waals surface area contributed by atoms with Gasteiger partial charge in [0.05, 0.1) is 0 Å². The first kappa shape index (κ1) is 11.0. The molecule has 0 amide bonds. The lowest BCUT2D eigenvalue weighted by molar-refractivity contribution is 1.12. The van der Waals surface area contributed by atoms with Crippen molar-refractivity contribution in [3.05, 3.63) is 64.7 Å². The number of aryl methyl sites for hydroxylation is 1. The Labute approximate surface area is 101 Å². The van der Waals surface area contributed by atoms with Crippen LogP contribution in [-0.2, 0) is 6.54 Å². The van der Waals surface area contributed by atoms with Gasteiger partial charge in [-0.3, -0.25) is 0 Å². The standard InChI is InChI=1S/C14H14ClN/c1-11-7-8-13(15)9-12(11)10-16-14-5-3-2-4-6-14/h2-9,16H,10H2,1H3. The van der Waals surface area contributed by atoms with Crippen molar-refractivity contribution in [1.29, 1.82) is 0 Å². The van der Waals surface area contributed by atoms with Gasteiger partial charge in [-0.15, -0.1) is 0 Å². The summed E-state index contributed by atoms with van der Waals surface area (Å²) in [5, 5.41) is 4.16. The Balaban J connectivity index is 2.08. The van der Waals surface area contributed by atoms with Crippen LogP contribution in [0.1, 0.15) is 11.1 Å². The summed E-state index contributed by atoms with van der Waals surface area (Å²) >= 11 is 5.97. The van der Waals surface area contributed by atoms with Crippen molar-refractivity contribution < 1.29 is 0 Å². The zero-order chi connectivity index (χ0) is 11.4. The predicted molar refractivity (Wildman–Crippen MR) is 70.0 cm³/mol. The fourth-order valence-electron chi connectivity index (χ4n) is 1.58. The first-order valence-corrected chi connectivity index (χ1v) is 5.67. The molecule has 0 aromatic heterocycles. The van der Waals surface area contributed by atoms with Gasteiger partial charge in [0.2, 0.25) is 0 Å². The quantitative estimate of drug-likeness (QED) is 0.832. The minimum absolute atomic E-state index is 0.787. The van der Waals surface area contributed by atoms with Gasteiger partial charge in [0.1, 0.15) is 0 Å². The van der Waals surface area contributed by atoms with Crippen LogP contribution < -0.4 is 5.32 Å². The van der Waals surface area contributed by atoms with Crippen LogP contribution in [-0.4, -0.2) is 0 Å². The number of anilines is 1. The molecule has 0 aliphatic carbocycles. The molecule has 0 unspecified atom stereocenters. The molecule has 2 aromatic carbocycles. The third-order valence-electron chi connectivity index (χ3n) is 2.57. The molecule has 2 rings (SSSR count). The predicted octanol–water partition coefficient (Wildman–Crippen LogP) is 4.26. The van der Waals surface area contributed by atoms with Crippen molar-refractivity contribution in [2.45, 2.75) is 13.5 Å². The molecule has 0 heterocycles. The molecule has 82 valence electrons. The number of rotatable bonds is 3. The Morgan fingerprint density at radius 2 is 1.81 bits per heavy atom. The lowest BCUT2D eigenvalue weighted by atomic mass is 10.1. The summed E-state index contributed by atoms with van der Waals surface area (Å²) in [6, 6.07) is 16.1. The number of para-hydroxylation sites is 1. The van der Waals surface area contributed by atoms with Crippen molar-refractivity contribution >= 4 is 17.3 Å². The van der Waals surface area contributed by atoms with Crippen molar-refractivity contribution in [2.24, 2.45) is 0 Å². The lowest BCUT2D eigenvalue weighted by Gasteiger charge is -2.09. The Morgan fingerprint density at radius 1 is 1.06 bits per heavy atom. The molecule has 0 aliphatic rings. The average molecular weight is 232 g/mol. The minimum Gasteiger partial charge on any atom is -0.381 e. The van der Waals surface area contributed by atoms with Crippen LogP contribution in [0.4, 0.5) is 5.69 Å². The Hall–Kier alpha value is -1.47. The molecule has 0 aliphatic heterocycles. The topological polar surface area (TPSA) is 12.0 Å². The van der Waals surface area contributed by atoms with E-state index in [1.807, 2.05) is 36.4 Å². The molecule has 0 spiro atoms. The highest BCUT2D eigenvalue weighted by molar-refractivity contribution is 6.30. The van der Waals surface area contributed by atoms with Gasteiger partial charge in [0.25, 0.3) is 0 Å². The summed E-state index contributed by atoms with van der Waals surface area (Å²) in [5.74, 6) is 0. The molecule has 1 N–H and O–H groups in total. The molecule has 0 radical (unpaired) electrons. The molecule has 16 heavy (non-hydrogen) atoms. The number of halogens is 1. The Kier molecular flexibility index (Phi) is 3.47. The molecule has 2 aromatic rings. The van der Waals surface area contributed by atoms with Crippen LogP contribution >= 0.6 is 11.6 Å². The monoisotopic (exact) mass is 231 g/mol. The minimum atomic E-state index is 0.787. The first-order valence-electron chi connectivity index (χ1n) is 5.29. The summed E-state index contributed by atoms with van der Waals surface area (Å²) in [5.41, 5.74) is 3.62. The molecule has 1 nitrogen and oxygen atoms in total. The Bertz CT molecular complexity index is 465. The number of nitrogens with one attached hydrogen (secondary N) is 1. The van der Waals surface area contributed by atoms with E-state index < -0.39 is 0 Å². The molecule has 0 atom stereocenters. The van der Waals surface area contributed by atoms with E-state index in [1.165, 1.54) is 11.1 Å². The van der Waals surface area contributed by atoms with Crippen molar-refractivity contribution in [3.63, 3.8) is 0 Å².